The number of hydrogen-bond donors (Lipinski definition) is 1. The lowest BCUT2D eigenvalue weighted by atomic mass is 9.90. The van der Waals surface area contributed by atoms with Gasteiger partial charge in [0.15, 0.2) is 0 Å². The van der Waals surface area contributed by atoms with E-state index in [-0.39, 0.29) is 5.92 Å². The number of nitrogens with one attached hydrogen (secondary N) is 1. The average molecular weight is 463 g/mol. The number of halogens is 1. The smallest absolute Gasteiger partial charge is 0.234 e. The predicted molar refractivity (Wildman–Crippen MR) is 123 cm³/mol. The second-order valence-electron chi connectivity index (χ2n) is 7.34. The number of aryl methyl sites for hydroxylation is 2. The number of anilines is 1. The molecule has 1 atom stereocenters. The van der Waals surface area contributed by atoms with Crippen LogP contribution in [0.5, 0.6) is 0 Å². The minimum absolute atomic E-state index is 0.0550. The van der Waals surface area contributed by atoms with Crippen LogP contribution in [0.1, 0.15) is 34.1 Å². The highest BCUT2D eigenvalue weighted by Crippen LogP contribution is 2.32. The standard InChI is InChI=1S/C24H23BrN4O/c1-15-9-10-17(12-16(15)2)13-21(18-6-4-7-19(25)14-18)24-28-23(29-30-24)20-8-5-11-27-22(20)26-3/h4-12,14,21H,13H2,1-3H3,(H,26,27). The van der Waals surface area contributed by atoms with E-state index in [0.29, 0.717) is 11.7 Å². The summed E-state index contributed by atoms with van der Waals surface area (Å²) in [4.78, 5) is 9.10. The van der Waals surface area contributed by atoms with Crippen molar-refractivity contribution in [3.8, 4) is 11.4 Å². The molecule has 0 bridgehead atoms. The Morgan fingerprint density at radius 1 is 1.03 bits per heavy atom. The van der Waals surface area contributed by atoms with Crippen molar-refractivity contribution in [1.82, 2.24) is 15.1 Å². The third-order valence-corrected chi connectivity index (χ3v) is 5.78. The number of benzene rings is 2. The molecule has 152 valence electrons. The average Bonchev–Trinajstić information content (AvgIpc) is 3.24. The molecule has 2 aromatic carbocycles. The van der Waals surface area contributed by atoms with Gasteiger partial charge in [-0.3, -0.25) is 0 Å². The van der Waals surface area contributed by atoms with Crippen molar-refractivity contribution in [2.45, 2.75) is 26.2 Å². The number of pyridine rings is 1. The Balaban J connectivity index is 1.74. The van der Waals surface area contributed by atoms with Crippen LogP contribution in [0.4, 0.5) is 5.82 Å². The molecule has 4 aromatic rings. The molecule has 1 unspecified atom stereocenters. The van der Waals surface area contributed by atoms with Gasteiger partial charge < -0.3 is 9.84 Å². The largest absolute Gasteiger partial charge is 0.373 e. The first-order chi connectivity index (χ1) is 14.5. The van der Waals surface area contributed by atoms with E-state index >= 15 is 0 Å². The minimum Gasteiger partial charge on any atom is -0.373 e. The Morgan fingerprint density at radius 3 is 2.67 bits per heavy atom. The summed E-state index contributed by atoms with van der Waals surface area (Å²) >= 11 is 3.59. The third-order valence-electron chi connectivity index (χ3n) is 5.29. The van der Waals surface area contributed by atoms with Gasteiger partial charge in [0.25, 0.3) is 0 Å². The van der Waals surface area contributed by atoms with Crippen molar-refractivity contribution in [2.24, 2.45) is 0 Å². The second-order valence-corrected chi connectivity index (χ2v) is 8.25. The van der Waals surface area contributed by atoms with Crippen LogP contribution in [0.3, 0.4) is 0 Å². The Kier molecular flexibility index (Phi) is 5.95. The number of hydrogen-bond acceptors (Lipinski definition) is 5. The third kappa shape index (κ3) is 4.28. The van der Waals surface area contributed by atoms with Crippen LogP contribution >= 0.6 is 15.9 Å². The van der Waals surface area contributed by atoms with Gasteiger partial charge in [0, 0.05) is 17.7 Å². The first kappa shape index (κ1) is 20.3. The van der Waals surface area contributed by atoms with Crippen LogP contribution in [0.25, 0.3) is 11.4 Å². The van der Waals surface area contributed by atoms with Gasteiger partial charge in [0.1, 0.15) is 5.82 Å². The van der Waals surface area contributed by atoms with Crippen molar-refractivity contribution < 1.29 is 4.52 Å². The van der Waals surface area contributed by atoms with Gasteiger partial charge in [0.05, 0.1) is 11.5 Å². The highest BCUT2D eigenvalue weighted by molar-refractivity contribution is 9.10. The van der Waals surface area contributed by atoms with E-state index < -0.39 is 0 Å². The monoisotopic (exact) mass is 462 g/mol. The molecule has 2 aromatic heterocycles. The van der Waals surface area contributed by atoms with Crippen LogP contribution in [-0.2, 0) is 6.42 Å². The lowest BCUT2D eigenvalue weighted by Crippen LogP contribution is -2.06. The first-order valence-corrected chi connectivity index (χ1v) is 10.6. The number of rotatable bonds is 6. The molecule has 0 aliphatic rings. The molecule has 30 heavy (non-hydrogen) atoms. The van der Waals surface area contributed by atoms with E-state index in [1.54, 1.807) is 6.20 Å². The maximum absolute atomic E-state index is 5.77. The fraction of sp³-hybridized carbons (Fsp3) is 0.208. The van der Waals surface area contributed by atoms with E-state index in [0.717, 1.165) is 27.8 Å². The van der Waals surface area contributed by atoms with Gasteiger partial charge in [-0.05, 0) is 66.8 Å². The molecule has 0 saturated carbocycles. The first-order valence-electron chi connectivity index (χ1n) is 9.83. The van der Waals surface area contributed by atoms with E-state index in [2.05, 4.69) is 75.6 Å². The second kappa shape index (κ2) is 8.79. The van der Waals surface area contributed by atoms with Crippen molar-refractivity contribution in [3.05, 3.63) is 93.4 Å². The van der Waals surface area contributed by atoms with Gasteiger partial charge in [0.2, 0.25) is 11.7 Å². The van der Waals surface area contributed by atoms with Crippen LogP contribution in [0, 0.1) is 13.8 Å². The molecule has 0 aliphatic heterocycles. The predicted octanol–water partition coefficient (Wildman–Crippen LogP) is 5.93. The zero-order chi connectivity index (χ0) is 21.1. The summed E-state index contributed by atoms with van der Waals surface area (Å²) in [5.74, 6) is 1.79. The summed E-state index contributed by atoms with van der Waals surface area (Å²) in [5.41, 5.74) is 5.74. The summed E-state index contributed by atoms with van der Waals surface area (Å²) in [6, 6.07) is 18.6. The van der Waals surface area contributed by atoms with E-state index in [1.807, 2.05) is 31.3 Å². The molecular formula is C24H23BrN4O. The van der Waals surface area contributed by atoms with Gasteiger partial charge in [-0.15, -0.1) is 0 Å². The molecule has 6 heteroatoms. The summed E-state index contributed by atoms with van der Waals surface area (Å²) in [5, 5.41) is 7.34. The molecule has 0 spiro atoms. The molecule has 2 heterocycles. The fourth-order valence-corrected chi connectivity index (χ4v) is 3.93. The summed E-state index contributed by atoms with van der Waals surface area (Å²) in [7, 11) is 1.83. The molecule has 5 nitrogen and oxygen atoms in total. The number of nitrogens with zero attached hydrogens (tertiary/aromatic N) is 3. The Bertz CT molecular complexity index is 1170. The van der Waals surface area contributed by atoms with Gasteiger partial charge in [-0.1, -0.05) is 51.4 Å². The van der Waals surface area contributed by atoms with Crippen LogP contribution in [0.15, 0.2) is 69.8 Å². The zero-order valence-corrected chi connectivity index (χ0v) is 18.8. The fourth-order valence-electron chi connectivity index (χ4n) is 3.51. The van der Waals surface area contributed by atoms with Crippen molar-refractivity contribution in [3.63, 3.8) is 0 Å². The summed E-state index contributed by atoms with van der Waals surface area (Å²) < 4.78 is 6.79. The minimum atomic E-state index is -0.0550. The molecule has 4 rings (SSSR count). The Labute approximate surface area is 184 Å². The van der Waals surface area contributed by atoms with E-state index in [4.69, 9.17) is 9.51 Å². The molecule has 0 radical (unpaired) electrons. The zero-order valence-electron chi connectivity index (χ0n) is 17.2. The van der Waals surface area contributed by atoms with Crippen LogP contribution in [-0.4, -0.2) is 22.2 Å². The van der Waals surface area contributed by atoms with E-state index in [9.17, 15) is 0 Å². The SMILES string of the molecule is CNc1ncccc1-c1noc(C(Cc2ccc(C)c(C)c2)c2cccc(Br)c2)n1. The quantitative estimate of drug-likeness (QED) is 0.384. The highest BCUT2D eigenvalue weighted by Gasteiger charge is 2.23. The van der Waals surface area contributed by atoms with Crippen LogP contribution < -0.4 is 5.32 Å². The molecule has 0 aliphatic carbocycles. The Hall–Kier alpha value is -2.99. The van der Waals surface area contributed by atoms with Gasteiger partial charge >= 0.3 is 0 Å². The maximum atomic E-state index is 5.77. The Morgan fingerprint density at radius 2 is 1.90 bits per heavy atom. The molecule has 0 saturated heterocycles. The molecule has 1 N–H and O–H groups in total. The normalized spacial score (nSPS) is 12.0. The molecule has 0 fully saturated rings. The van der Waals surface area contributed by atoms with Crippen molar-refractivity contribution >= 4 is 21.7 Å². The summed E-state index contributed by atoms with van der Waals surface area (Å²) in [6.45, 7) is 4.27. The molecule has 0 amide bonds. The van der Waals surface area contributed by atoms with Crippen molar-refractivity contribution in [2.75, 3.05) is 12.4 Å². The van der Waals surface area contributed by atoms with Crippen molar-refractivity contribution in [1.29, 1.82) is 0 Å². The van der Waals surface area contributed by atoms with Gasteiger partial charge in [-0.25, -0.2) is 4.98 Å². The maximum Gasteiger partial charge on any atom is 0.234 e. The molecular weight excluding hydrogens is 440 g/mol. The topological polar surface area (TPSA) is 63.8 Å². The lowest BCUT2D eigenvalue weighted by molar-refractivity contribution is 0.365. The highest BCUT2D eigenvalue weighted by atomic mass is 79.9. The summed E-state index contributed by atoms with van der Waals surface area (Å²) in [6.07, 6.45) is 2.51. The van der Waals surface area contributed by atoms with Crippen LogP contribution in [0.2, 0.25) is 0 Å². The van der Waals surface area contributed by atoms with Gasteiger partial charge in [-0.2, -0.15) is 4.98 Å². The lowest BCUT2D eigenvalue weighted by Gasteiger charge is -2.15. The number of aromatic nitrogens is 3. The van der Waals surface area contributed by atoms with E-state index in [1.165, 1.54) is 16.7 Å².